The van der Waals surface area contributed by atoms with Crippen LogP contribution < -0.4 is 15.8 Å². The average molecular weight is 374 g/mol. The molecule has 0 aliphatic carbocycles. The van der Waals surface area contributed by atoms with Crippen molar-refractivity contribution in [2.45, 2.75) is 13.0 Å². The molecule has 2 amide bonds. The summed E-state index contributed by atoms with van der Waals surface area (Å²) in [4.78, 5) is 24.3. The molecule has 0 aliphatic rings. The van der Waals surface area contributed by atoms with Gasteiger partial charge in [-0.15, -0.1) is 0 Å². The summed E-state index contributed by atoms with van der Waals surface area (Å²) in [6.45, 7) is 2.52. The van der Waals surface area contributed by atoms with E-state index < -0.39 is 5.91 Å². The van der Waals surface area contributed by atoms with Crippen molar-refractivity contribution in [2.24, 2.45) is 5.73 Å². The molecule has 0 heterocycles. The average Bonchev–Trinajstić information content (AvgIpc) is 2.73. The summed E-state index contributed by atoms with van der Waals surface area (Å²) in [5.41, 5.74) is 7.87. The largest absolute Gasteiger partial charge is 0.494 e. The molecule has 0 saturated carbocycles. The molecule has 5 nitrogen and oxygen atoms in total. The molecule has 1 atom stereocenters. The molecule has 1 unspecified atom stereocenters. The second-order valence-electron chi connectivity index (χ2n) is 6.26. The van der Waals surface area contributed by atoms with Crippen LogP contribution in [0.15, 0.2) is 78.9 Å². The molecule has 3 aromatic carbocycles. The van der Waals surface area contributed by atoms with Crippen LogP contribution in [0.1, 0.15) is 44.8 Å². The third-order valence-corrected chi connectivity index (χ3v) is 4.34. The molecule has 142 valence electrons. The summed E-state index contributed by atoms with van der Waals surface area (Å²) in [6, 6.07) is 23.4. The van der Waals surface area contributed by atoms with Crippen LogP contribution >= 0.6 is 0 Å². The standard InChI is InChI=1S/C23H22N2O3/c1-2-28-20-13-11-17(12-14-20)21(16-7-4-3-5-8-16)25-23(27)19-10-6-9-18(15-19)22(24)26/h3-15,21H,2H2,1H3,(H2,24,26)(H,25,27). The van der Waals surface area contributed by atoms with Crippen LogP contribution in [-0.2, 0) is 0 Å². The minimum absolute atomic E-state index is 0.286. The number of rotatable bonds is 7. The number of hydrogen-bond acceptors (Lipinski definition) is 3. The number of carbonyl (C=O) groups excluding carboxylic acids is 2. The summed E-state index contributed by atoms with van der Waals surface area (Å²) in [6.07, 6.45) is 0. The van der Waals surface area contributed by atoms with Gasteiger partial charge in [-0.25, -0.2) is 0 Å². The van der Waals surface area contributed by atoms with Gasteiger partial charge in [0.2, 0.25) is 5.91 Å². The summed E-state index contributed by atoms with van der Waals surface area (Å²) < 4.78 is 5.50. The monoisotopic (exact) mass is 374 g/mol. The first-order valence-corrected chi connectivity index (χ1v) is 9.07. The van der Waals surface area contributed by atoms with E-state index in [-0.39, 0.29) is 11.9 Å². The summed E-state index contributed by atoms with van der Waals surface area (Å²) in [5, 5.41) is 3.05. The third-order valence-electron chi connectivity index (χ3n) is 4.34. The predicted octanol–water partition coefficient (Wildman–Crippen LogP) is 3.70. The Labute approximate surface area is 164 Å². The molecule has 3 N–H and O–H groups in total. The highest BCUT2D eigenvalue weighted by molar-refractivity contribution is 5.99. The van der Waals surface area contributed by atoms with Gasteiger partial charge in [0, 0.05) is 11.1 Å². The quantitative estimate of drug-likeness (QED) is 0.661. The van der Waals surface area contributed by atoms with Crippen molar-refractivity contribution in [1.29, 1.82) is 0 Å². The Hall–Kier alpha value is -3.60. The molecule has 0 saturated heterocycles. The minimum atomic E-state index is -0.569. The lowest BCUT2D eigenvalue weighted by atomic mass is 9.98. The lowest BCUT2D eigenvalue weighted by Crippen LogP contribution is -2.29. The van der Waals surface area contributed by atoms with Crippen LogP contribution in [-0.4, -0.2) is 18.4 Å². The fourth-order valence-corrected chi connectivity index (χ4v) is 2.96. The maximum atomic E-state index is 12.9. The first-order valence-electron chi connectivity index (χ1n) is 9.07. The van der Waals surface area contributed by atoms with Crippen molar-refractivity contribution in [1.82, 2.24) is 5.32 Å². The normalized spacial score (nSPS) is 11.5. The highest BCUT2D eigenvalue weighted by Crippen LogP contribution is 2.25. The zero-order valence-electron chi connectivity index (χ0n) is 15.6. The van der Waals surface area contributed by atoms with Gasteiger partial charge in [-0.2, -0.15) is 0 Å². The number of ether oxygens (including phenoxy) is 1. The van der Waals surface area contributed by atoms with Crippen molar-refractivity contribution >= 4 is 11.8 Å². The van der Waals surface area contributed by atoms with E-state index in [0.717, 1.165) is 16.9 Å². The van der Waals surface area contributed by atoms with E-state index in [1.807, 2.05) is 61.5 Å². The molecule has 0 spiro atoms. The molecule has 0 fully saturated rings. The maximum Gasteiger partial charge on any atom is 0.252 e. The Morgan fingerprint density at radius 2 is 1.54 bits per heavy atom. The van der Waals surface area contributed by atoms with Crippen LogP contribution in [0.2, 0.25) is 0 Å². The fraction of sp³-hybridized carbons (Fsp3) is 0.130. The van der Waals surface area contributed by atoms with Gasteiger partial charge in [-0.05, 0) is 48.4 Å². The maximum absolute atomic E-state index is 12.9. The number of nitrogens with one attached hydrogen (secondary N) is 1. The number of nitrogens with two attached hydrogens (primary N) is 1. The van der Waals surface area contributed by atoms with E-state index in [9.17, 15) is 9.59 Å². The minimum Gasteiger partial charge on any atom is -0.494 e. The van der Waals surface area contributed by atoms with Crippen LogP contribution in [0, 0.1) is 0 Å². The predicted molar refractivity (Wildman–Crippen MR) is 108 cm³/mol. The second-order valence-corrected chi connectivity index (χ2v) is 6.26. The highest BCUT2D eigenvalue weighted by atomic mass is 16.5. The third kappa shape index (κ3) is 4.57. The van der Waals surface area contributed by atoms with Gasteiger partial charge < -0.3 is 15.8 Å². The van der Waals surface area contributed by atoms with E-state index in [2.05, 4.69) is 5.32 Å². The van der Waals surface area contributed by atoms with Crippen LogP contribution in [0.5, 0.6) is 5.75 Å². The van der Waals surface area contributed by atoms with Gasteiger partial charge in [0.25, 0.3) is 5.91 Å². The smallest absolute Gasteiger partial charge is 0.252 e. The molecule has 3 rings (SSSR count). The van der Waals surface area contributed by atoms with Crippen molar-refractivity contribution < 1.29 is 14.3 Å². The molecular formula is C23H22N2O3. The van der Waals surface area contributed by atoms with E-state index in [1.54, 1.807) is 18.2 Å². The van der Waals surface area contributed by atoms with E-state index in [1.165, 1.54) is 6.07 Å². The van der Waals surface area contributed by atoms with Crippen molar-refractivity contribution in [2.75, 3.05) is 6.61 Å². The number of benzene rings is 3. The van der Waals surface area contributed by atoms with Gasteiger partial charge in [0.1, 0.15) is 5.75 Å². The Kier molecular flexibility index (Phi) is 6.07. The first-order chi connectivity index (χ1) is 13.6. The molecular weight excluding hydrogens is 352 g/mol. The topological polar surface area (TPSA) is 81.4 Å². The van der Waals surface area contributed by atoms with Crippen molar-refractivity contribution in [3.05, 3.63) is 101 Å². The summed E-state index contributed by atoms with van der Waals surface area (Å²) in [7, 11) is 0. The lowest BCUT2D eigenvalue weighted by Gasteiger charge is -2.20. The zero-order valence-corrected chi connectivity index (χ0v) is 15.6. The molecule has 0 aliphatic heterocycles. The van der Waals surface area contributed by atoms with Crippen LogP contribution in [0.4, 0.5) is 0 Å². The molecule has 0 radical (unpaired) electrons. The second kappa shape index (κ2) is 8.86. The van der Waals surface area contributed by atoms with Crippen molar-refractivity contribution in [3.63, 3.8) is 0 Å². The zero-order chi connectivity index (χ0) is 19.9. The summed E-state index contributed by atoms with van der Waals surface area (Å²) in [5.74, 6) is -0.0786. The van der Waals surface area contributed by atoms with Gasteiger partial charge in [0.05, 0.1) is 12.6 Å². The molecule has 28 heavy (non-hydrogen) atoms. The number of carbonyl (C=O) groups is 2. The number of hydrogen-bond donors (Lipinski definition) is 2. The van der Waals surface area contributed by atoms with E-state index >= 15 is 0 Å². The first kappa shape index (κ1) is 19.2. The van der Waals surface area contributed by atoms with Crippen molar-refractivity contribution in [3.8, 4) is 5.75 Å². The Bertz CT molecular complexity index is 953. The molecule has 0 aromatic heterocycles. The Morgan fingerprint density at radius 3 is 2.18 bits per heavy atom. The Balaban J connectivity index is 1.90. The molecule has 3 aromatic rings. The number of primary amides is 1. The van der Waals surface area contributed by atoms with Gasteiger partial charge in [-0.1, -0.05) is 48.5 Å². The van der Waals surface area contributed by atoms with Gasteiger partial charge in [0.15, 0.2) is 0 Å². The van der Waals surface area contributed by atoms with Gasteiger partial charge >= 0.3 is 0 Å². The van der Waals surface area contributed by atoms with Gasteiger partial charge in [-0.3, -0.25) is 9.59 Å². The molecule has 5 heteroatoms. The fourth-order valence-electron chi connectivity index (χ4n) is 2.96. The highest BCUT2D eigenvalue weighted by Gasteiger charge is 2.18. The molecule has 0 bridgehead atoms. The lowest BCUT2D eigenvalue weighted by molar-refractivity contribution is 0.0943. The van der Waals surface area contributed by atoms with Crippen LogP contribution in [0.3, 0.4) is 0 Å². The Morgan fingerprint density at radius 1 is 0.893 bits per heavy atom. The summed E-state index contributed by atoms with van der Waals surface area (Å²) >= 11 is 0. The van der Waals surface area contributed by atoms with E-state index in [0.29, 0.717) is 17.7 Å². The van der Waals surface area contributed by atoms with Crippen LogP contribution in [0.25, 0.3) is 0 Å². The number of amides is 2. The SMILES string of the molecule is CCOc1ccc(C(NC(=O)c2cccc(C(N)=O)c2)c2ccccc2)cc1. The van der Waals surface area contributed by atoms with E-state index in [4.69, 9.17) is 10.5 Å².